The van der Waals surface area contributed by atoms with Crippen LogP contribution >= 0.6 is 0 Å². The highest BCUT2D eigenvalue weighted by Crippen LogP contribution is 2.33. The first-order valence-electron chi connectivity index (χ1n) is 30.8. The lowest BCUT2D eigenvalue weighted by Gasteiger charge is -2.28. The number of hydrogen-bond acceptors (Lipinski definition) is 2. The molecule has 0 spiro atoms. The Kier molecular flexibility index (Phi) is 162. The highest BCUT2D eigenvalue weighted by molar-refractivity contribution is 5.12. The third-order valence-electron chi connectivity index (χ3n) is 17.0. The van der Waals surface area contributed by atoms with Crippen LogP contribution in [0.5, 0.6) is 0 Å². The fraction of sp³-hybridized carbons (Fsp3) is 0.974. The Morgan fingerprint density at radius 1 is 0.295 bits per heavy atom. The molecule has 502 valence electrons. The zero-order valence-corrected chi connectivity index (χ0v) is 51.7. The van der Waals surface area contributed by atoms with Gasteiger partial charge in [0.1, 0.15) is 0 Å². The lowest BCUT2D eigenvalue weighted by molar-refractivity contribution is 0.240. The SMILES string of the molecule is C.C.C.C.C.C.C.C.C.C.C.C.CCC(CC)(CC)CC.CCC(CC)=C(CC)CC.CCC(CC)CC(CC)CC.CCC(CC)CN(CC)CC.CCC(CC)CNCC(CC)CC.CCCC(CC)CC(CC)CC. The van der Waals surface area contributed by atoms with Crippen molar-refractivity contribution in [2.45, 2.75) is 416 Å². The van der Waals surface area contributed by atoms with Crippen LogP contribution in [0.2, 0.25) is 0 Å². The maximum atomic E-state index is 3.59. The van der Waals surface area contributed by atoms with E-state index >= 15 is 0 Å². The molecule has 0 aliphatic heterocycles. The molecule has 0 saturated heterocycles. The van der Waals surface area contributed by atoms with E-state index in [0.717, 1.165) is 41.4 Å². The van der Waals surface area contributed by atoms with Gasteiger partial charge in [-0.25, -0.2) is 0 Å². The van der Waals surface area contributed by atoms with Gasteiger partial charge >= 0.3 is 0 Å². The zero-order chi connectivity index (χ0) is 52.2. The molecule has 78 heavy (non-hydrogen) atoms. The molecule has 0 amide bonds. The zero-order valence-electron chi connectivity index (χ0n) is 51.7. The van der Waals surface area contributed by atoms with E-state index in [0.29, 0.717) is 5.41 Å². The molecule has 1 unspecified atom stereocenters. The summed E-state index contributed by atoms with van der Waals surface area (Å²) in [7, 11) is 0. The largest absolute Gasteiger partial charge is 0.316 e. The molecule has 0 heterocycles. The molecule has 0 saturated carbocycles. The van der Waals surface area contributed by atoms with Crippen molar-refractivity contribution in [3.63, 3.8) is 0 Å². The van der Waals surface area contributed by atoms with E-state index in [1.807, 2.05) is 0 Å². The lowest BCUT2D eigenvalue weighted by Crippen LogP contribution is -2.28. The fourth-order valence-corrected chi connectivity index (χ4v) is 9.75. The lowest BCUT2D eigenvalue weighted by atomic mass is 9.78. The summed E-state index contributed by atoms with van der Waals surface area (Å²) in [6, 6.07) is 0. The second kappa shape index (κ2) is 98.8. The maximum Gasteiger partial charge on any atom is 0.000922 e. The van der Waals surface area contributed by atoms with Crippen LogP contribution in [-0.2, 0) is 0 Å². The number of nitrogens with zero attached hydrogens (tertiary/aromatic N) is 1. The highest BCUT2D eigenvalue weighted by atomic mass is 15.1. The van der Waals surface area contributed by atoms with Gasteiger partial charge in [0.25, 0.3) is 0 Å². The van der Waals surface area contributed by atoms with Crippen molar-refractivity contribution in [2.24, 2.45) is 46.8 Å². The fourth-order valence-electron chi connectivity index (χ4n) is 9.75. The van der Waals surface area contributed by atoms with Crippen LogP contribution in [0.15, 0.2) is 11.1 Å². The molecule has 0 aliphatic carbocycles. The van der Waals surface area contributed by atoms with Gasteiger partial charge in [-0.3, -0.25) is 0 Å². The topological polar surface area (TPSA) is 15.3 Å². The van der Waals surface area contributed by atoms with Crippen LogP contribution in [0.4, 0.5) is 0 Å². The summed E-state index contributed by atoms with van der Waals surface area (Å²) in [5.74, 6) is 6.64. The molecule has 0 rings (SSSR count). The Morgan fingerprint density at radius 2 is 0.513 bits per heavy atom. The number of rotatable bonds is 35. The van der Waals surface area contributed by atoms with Crippen LogP contribution in [0.25, 0.3) is 0 Å². The summed E-state index contributed by atoms with van der Waals surface area (Å²) in [4.78, 5) is 2.51. The molecule has 0 aromatic carbocycles. The minimum absolute atomic E-state index is 0. The van der Waals surface area contributed by atoms with Crippen molar-refractivity contribution in [3.8, 4) is 0 Å². The van der Waals surface area contributed by atoms with Gasteiger partial charge in [-0.2, -0.15) is 0 Å². The third kappa shape index (κ3) is 75.7. The standard InChI is InChI=1S/C12H27N.C12H26.C11H24.C10H23N.C10H20.C9H20.12CH4/c1-5-11(6-2)9-13-10-12(7-3)8-4;1-5-9-12(8-4)10-11(6-2)7-3;2*1-5-10(6-2)9-11(7-3)8-4;1-5-9(6-2)10(7-3)8-4;1-5-9(6-2,7-3)8-4;;;;;;;;;;;;/h11-13H,5-10H2,1-4H3;11-12H,5-10H2,1-4H3;10-11H,5-9H2,1-4H3;10H,5-9H2,1-4H3;5-8H2,1-4H3;5-8H2,1-4H3;12*1H4. The van der Waals surface area contributed by atoms with E-state index in [9.17, 15) is 0 Å². The smallest absolute Gasteiger partial charge is 0.000922 e. The molecule has 0 aliphatic rings. The van der Waals surface area contributed by atoms with Gasteiger partial charge in [-0.1, -0.05) is 388 Å². The van der Waals surface area contributed by atoms with Crippen molar-refractivity contribution in [1.29, 1.82) is 0 Å². The average molecular weight is 1130 g/mol. The third-order valence-corrected chi connectivity index (χ3v) is 17.0. The molecule has 0 aromatic rings. The van der Waals surface area contributed by atoms with Crippen LogP contribution in [-0.4, -0.2) is 37.6 Å². The van der Waals surface area contributed by atoms with E-state index in [1.54, 1.807) is 11.1 Å². The second-order valence-corrected chi connectivity index (χ2v) is 20.3. The Morgan fingerprint density at radius 3 is 0.667 bits per heavy atom. The first kappa shape index (κ1) is 128. The van der Waals surface area contributed by atoms with E-state index in [4.69, 9.17) is 0 Å². The van der Waals surface area contributed by atoms with Crippen molar-refractivity contribution in [3.05, 3.63) is 11.1 Å². The molecule has 0 radical (unpaired) electrons. The predicted octanol–water partition coefficient (Wildman–Crippen LogP) is 30.3. The average Bonchev–Trinajstić information content (AvgIpc) is 3.37. The Labute approximate surface area is 514 Å². The van der Waals surface area contributed by atoms with E-state index < -0.39 is 0 Å². The summed E-state index contributed by atoms with van der Waals surface area (Å²) in [6.07, 6.45) is 33.6. The molecule has 1 atom stereocenters. The van der Waals surface area contributed by atoms with E-state index in [-0.39, 0.29) is 89.1 Å². The van der Waals surface area contributed by atoms with Gasteiger partial charge < -0.3 is 10.2 Å². The molecule has 1 N–H and O–H groups in total. The summed E-state index contributed by atoms with van der Waals surface area (Å²) in [6.45, 7) is 61.1. The number of nitrogens with one attached hydrogen (secondary N) is 1. The van der Waals surface area contributed by atoms with Crippen LogP contribution in [0, 0.1) is 46.8 Å². The van der Waals surface area contributed by atoms with Crippen LogP contribution < -0.4 is 5.32 Å². The van der Waals surface area contributed by atoms with Gasteiger partial charge in [0, 0.05) is 6.54 Å². The monoisotopic (exact) mass is 1130 g/mol. The number of hydrogen-bond donors (Lipinski definition) is 1. The molecular weight excluding hydrogens is 941 g/mol. The summed E-state index contributed by atoms with van der Waals surface area (Å²) < 4.78 is 0. The normalized spacial score (nSPS) is 9.88. The van der Waals surface area contributed by atoms with Gasteiger partial charge in [-0.15, -0.1) is 0 Å². The minimum Gasteiger partial charge on any atom is -0.316 e. The summed E-state index contributed by atoms with van der Waals surface area (Å²) >= 11 is 0. The van der Waals surface area contributed by atoms with Crippen molar-refractivity contribution >= 4 is 0 Å². The predicted molar refractivity (Wildman–Crippen MR) is 396 cm³/mol. The van der Waals surface area contributed by atoms with Gasteiger partial charge in [0.05, 0.1) is 0 Å². The first-order chi connectivity index (χ1) is 31.6. The minimum atomic E-state index is 0. The van der Waals surface area contributed by atoms with Gasteiger partial charge in [0.15, 0.2) is 0 Å². The molecule has 0 fully saturated rings. The van der Waals surface area contributed by atoms with Crippen LogP contribution in [0.1, 0.15) is 416 Å². The molecule has 0 aromatic heterocycles. The van der Waals surface area contributed by atoms with Crippen molar-refractivity contribution in [1.82, 2.24) is 10.2 Å². The van der Waals surface area contributed by atoms with E-state index in [2.05, 4.69) is 176 Å². The summed E-state index contributed by atoms with van der Waals surface area (Å²) in [5, 5.41) is 3.59. The quantitative estimate of drug-likeness (QED) is 0.0636. The van der Waals surface area contributed by atoms with E-state index in [1.165, 1.54) is 193 Å². The van der Waals surface area contributed by atoms with Crippen LogP contribution in [0.3, 0.4) is 0 Å². The summed E-state index contributed by atoms with van der Waals surface area (Å²) in [5.41, 5.74) is 4.01. The highest BCUT2D eigenvalue weighted by Gasteiger charge is 2.20. The van der Waals surface area contributed by atoms with Crippen molar-refractivity contribution < 1.29 is 0 Å². The molecule has 2 heteroatoms. The Balaban J connectivity index is -0.0000000337. The molecular formula is C76H188N2. The number of allylic oxidation sites excluding steroid dienone is 2. The van der Waals surface area contributed by atoms with Gasteiger partial charge in [0.2, 0.25) is 0 Å². The van der Waals surface area contributed by atoms with Gasteiger partial charge in [-0.05, 0) is 112 Å². The molecule has 2 nitrogen and oxygen atoms in total. The van der Waals surface area contributed by atoms with Crippen molar-refractivity contribution in [2.75, 3.05) is 32.7 Å². The molecule has 0 bridgehead atoms. The first-order valence-corrected chi connectivity index (χ1v) is 30.8. The Bertz CT molecular complexity index is 762. The maximum absolute atomic E-state index is 3.59. The Hall–Kier alpha value is -0.340. The second-order valence-electron chi connectivity index (χ2n) is 20.3.